The minimum absolute atomic E-state index is 0.463. The Labute approximate surface area is 121 Å². The van der Waals surface area contributed by atoms with Gasteiger partial charge in [-0.05, 0) is 31.2 Å². The second-order valence-corrected chi connectivity index (χ2v) is 4.89. The van der Waals surface area contributed by atoms with Crippen LogP contribution in [-0.4, -0.2) is 15.2 Å². The molecule has 3 aromatic rings. The molecular formula is C15H13ClN4. The number of H-pyrrole nitrogens is 1. The molecule has 3 rings (SSSR count). The van der Waals surface area contributed by atoms with Crippen LogP contribution < -0.4 is 5.32 Å². The lowest BCUT2D eigenvalue weighted by Gasteiger charge is -2.02. The van der Waals surface area contributed by atoms with Gasteiger partial charge in [-0.15, -0.1) is 0 Å². The van der Waals surface area contributed by atoms with Crippen LogP contribution in [0, 0.1) is 6.92 Å². The largest absolute Gasteiger partial charge is 0.339 e. The monoisotopic (exact) mass is 284 g/mol. The van der Waals surface area contributed by atoms with Crippen molar-refractivity contribution < 1.29 is 0 Å². The van der Waals surface area contributed by atoms with Crippen molar-refractivity contribution in [1.82, 2.24) is 15.2 Å². The van der Waals surface area contributed by atoms with Crippen molar-refractivity contribution in [3.05, 3.63) is 59.2 Å². The minimum atomic E-state index is 0.463. The zero-order valence-corrected chi connectivity index (χ0v) is 11.6. The first kappa shape index (κ1) is 12.7. The molecule has 0 saturated heterocycles. The molecule has 100 valence electrons. The Balaban J connectivity index is 1.82. The Morgan fingerprint density at radius 3 is 2.65 bits per heavy atom. The lowest BCUT2D eigenvalue weighted by Crippen LogP contribution is -1.89. The van der Waals surface area contributed by atoms with E-state index in [1.807, 2.05) is 30.3 Å². The van der Waals surface area contributed by atoms with E-state index in [2.05, 4.69) is 39.6 Å². The number of rotatable bonds is 3. The molecule has 2 heterocycles. The molecular weight excluding hydrogens is 272 g/mol. The van der Waals surface area contributed by atoms with E-state index in [-0.39, 0.29) is 0 Å². The van der Waals surface area contributed by atoms with Gasteiger partial charge in [0.2, 0.25) is 0 Å². The molecule has 2 N–H and O–H groups in total. The Morgan fingerprint density at radius 1 is 1.10 bits per heavy atom. The van der Waals surface area contributed by atoms with E-state index in [1.54, 1.807) is 6.07 Å². The molecule has 0 aliphatic rings. The molecule has 1 aromatic carbocycles. The van der Waals surface area contributed by atoms with Gasteiger partial charge in [0.1, 0.15) is 5.15 Å². The Hall–Kier alpha value is -2.33. The fraction of sp³-hybridized carbons (Fsp3) is 0.0667. The summed E-state index contributed by atoms with van der Waals surface area (Å²) in [6.07, 6.45) is 0. The van der Waals surface area contributed by atoms with Gasteiger partial charge in [0, 0.05) is 11.8 Å². The molecule has 0 unspecified atom stereocenters. The van der Waals surface area contributed by atoms with Gasteiger partial charge in [-0.25, -0.2) is 4.98 Å². The van der Waals surface area contributed by atoms with E-state index >= 15 is 0 Å². The molecule has 0 bridgehead atoms. The van der Waals surface area contributed by atoms with Crippen molar-refractivity contribution in [2.45, 2.75) is 6.92 Å². The first-order valence-electron chi connectivity index (χ1n) is 6.23. The van der Waals surface area contributed by atoms with Gasteiger partial charge in [0.05, 0.1) is 11.4 Å². The molecule has 0 saturated carbocycles. The lowest BCUT2D eigenvalue weighted by atomic mass is 10.2. The van der Waals surface area contributed by atoms with Crippen LogP contribution in [0.2, 0.25) is 5.15 Å². The second-order valence-electron chi connectivity index (χ2n) is 4.50. The number of nitrogens with one attached hydrogen (secondary N) is 2. The molecule has 0 amide bonds. The van der Waals surface area contributed by atoms with Gasteiger partial charge in [-0.1, -0.05) is 35.4 Å². The van der Waals surface area contributed by atoms with Gasteiger partial charge in [0.25, 0.3) is 0 Å². The maximum absolute atomic E-state index is 5.89. The molecule has 0 aliphatic carbocycles. The van der Waals surface area contributed by atoms with Crippen molar-refractivity contribution in [3.8, 4) is 11.4 Å². The summed E-state index contributed by atoms with van der Waals surface area (Å²) in [5.74, 6) is 0.741. The number of halogens is 1. The highest BCUT2D eigenvalue weighted by atomic mass is 35.5. The molecule has 0 aliphatic heterocycles. The van der Waals surface area contributed by atoms with Crippen molar-refractivity contribution in [3.63, 3.8) is 0 Å². The topological polar surface area (TPSA) is 53.6 Å². The van der Waals surface area contributed by atoms with Gasteiger partial charge in [-0.3, -0.25) is 5.10 Å². The van der Waals surface area contributed by atoms with E-state index in [0.717, 1.165) is 22.9 Å². The van der Waals surface area contributed by atoms with Crippen LogP contribution in [0.25, 0.3) is 11.4 Å². The number of hydrogen-bond donors (Lipinski definition) is 2. The van der Waals surface area contributed by atoms with Crippen LogP contribution in [0.15, 0.2) is 48.5 Å². The third-order valence-corrected chi connectivity index (χ3v) is 3.10. The smallest absolute Gasteiger partial charge is 0.152 e. The van der Waals surface area contributed by atoms with Gasteiger partial charge in [-0.2, -0.15) is 5.10 Å². The third kappa shape index (κ3) is 2.81. The molecule has 5 heteroatoms. The zero-order chi connectivity index (χ0) is 13.9. The molecule has 0 radical (unpaired) electrons. The standard InChI is InChI=1S/C15H13ClN4/c1-10-5-7-11(8-6-10)17-15-9-13(19-20-15)12-3-2-4-14(16)18-12/h2-9H,1H3,(H2,17,19,20). The Bertz CT molecular complexity index is 719. The summed E-state index contributed by atoms with van der Waals surface area (Å²) in [6.45, 7) is 2.06. The number of benzene rings is 1. The Morgan fingerprint density at radius 2 is 1.90 bits per heavy atom. The van der Waals surface area contributed by atoms with Crippen molar-refractivity contribution in [2.24, 2.45) is 0 Å². The van der Waals surface area contributed by atoms with Crippen molar-refractivity contribution >= 4 is 23.1 Å². The third-order valence-electron chi connectivity index (χ3n) is 2.89. The number of aromatic amines is 1. The van der Waals surface area contributed by atoms with Crippen LogP contribution in [-0.2, 0) is 0 Å². The van der Waals surface area contributed by atoms with Gasteiger partial charge < -0.3 is 5.32 Å². The lowest BCUT2D eigenvalue weighted by molar-refractivity contribution is 1.09. The van der Waals surface area contributed by atoms with Crippen LogP contribution in [0.5, 0.6) is 0 Å². The predicted molar refractivity (Wildman–Crippen MR) is 81.3 cm³/mol. The summed E-state index contributed by atoms with van der Waals surface area (Å²) >= 11 is 5.89. The average molecular weight is 285 g/mol. The van der Waals surface area contributed by atoms with E-state index in [1.165, 1.54) is 5.56 Å². The van der Waals surface area contributed by atoms with Crippen molar-refractivity contribution in [1.29, 1.82) is 0 Å². The first-order chi connectivity index (χ1) is 9.70. The number of aryl methyl sites for hydroxylation is 1. The maximum Gasteiger partial charge on any atom is 0.152 e. The quantitative estimate of drug-likeness (QED) is 0.710. The number of hydrogen-bond acceptors (Lipinski definition) is 3. The van der Waals surface area contributed by atoms with Crippen molar-refractivity contribution in [2.75, 3.05) is 5.32 Å². The molecule has 0 atom stereocenters. The number of pyridine rings is 1. The predicted octanol–water partition coefficient (Wildman–Crippen LogP) is 4.18. The second kappa shape index (κ2) is 5.35. The summed E-state index contributed by atoms with van der Waals surface area (Å²) in [7, 11) is 0. The van der Waals surface area contributed by atoms with Crippen LogP contribution in [0.3, 0.4) is 0 Å². The summed E-state index contributed by atoms with van der Waals surface area (Å²) in [4.78, 5) is 4.24. The fourth-order valence-electron chi connectivity index (χ4n) is 1.86. The highest BCUT2D eigenvalue weighted by molar-refractivity contribution is 6.29. The summed E-state index contributed by atoms with van der Waals surface area (Å²) in [5, 5.41) is 10.9. The SMILES string of the molecule is Cc1ccc(Nc2cc(-c3cccc(Cl)n3)[nH]n2)cc1. The van der Waals surface area contributed by atoms with E-state index in [4.69, 9.17) is 11.6 Å². The molecule has 20 heavy (non-hydrogen) atoms. The van der Waals surface area contributed by atoms with Crippen LogP contribution in [0.1, 0.15) is 5.56 Å². The normalized spacial score (nSPS) is 10.5. The summed E-state index contributed by atoms with van der Waals surface area (Å²) in [5.41, 5.74) is 3.80. The van der Waals surface area contributed by atoms with E-state index in [9.17, 15) is 0 Å². The zero-order valence-electron chi connectivity index (χ0n) is 10.9. The van der Waals surface area contributed by atoms with Gasteiger partial charge >= 0.3 is 0 Å². The molecule has 0 fully saturated rings. The first-order valence-corrected chi connectivity index (χ1v) is 6.60. The van der Waals surface area contributed by atoms with Crippen LogP contribution >= 0.6 is 11.6 Å². The number of anilines is 2. The number of aromatic nitrogens is 3. The highest BCUT2D eigenvalue weighted by Gasteiger charge is 2.05. The molecule has 2 aromatic heterocycles. The fourth-order valence-corrected chi connectivity index (χ4v) is 2.02. The minimum Gasteiger partial charge on any atom is -0.339 e. The molecule has 4 nitrogen and oxygen atoms in total. The number of nitrogens with zero attached hydrogens (tertiary/aromatic N) is 2. The van der Waals surface area contributed by atoms with E-state index < -0.39 is 0 Å². The van der Waals surface area contributed by atoms with Crippen LogP contribution in [0.4, 0.5) is 11.5 Å². The maximum atomic E-state index is 5.89. The Kier molecular flexibility index (Phi) is 3.39. The molecule has 0 spiro atoms. The van der Waals surface area contributed by atoms with Gasteiger partial charge in [0.15, 0.2) is 5.82 Å². The summed E-state index contributed by atoms with van der Waals surface area (Å²) in [6, 6.07) is 15.5. The van der Waals surface area contributed by atoms with E-state index in [0.29, 0.717) is 5.15 Å². The summed E-state index contributed by atoms with van der Waals surface area (Å²) < 4.78 is 0. The highest BCUT2D eigenvalue weighted by Crippen LogP contribution is 2.21. The average Bonchev–Trinajstić information content (AvgIpc) is 2.90.